The molecule has 1 unspecified atom stereocenters. The zero-order valence-corrected chi connectivity index (χ0v) is 17.0. The minimum absolute atomic E-state index is 0.0956. The van der Waals surface area contributed by atoms with E-state index in [2.05, 4.69) is 11.0 Å². The summed E-state index contributed by atoms with van der Waals surface area (Å²) in [6, 6.07) is 14.0. The Morgan fingerprint density at radius 3 is 2.53 bits per heavy atom. The van der Waals surface area contributed by atoms with Gasteiger partial charge in [0.25, 0.3) is 0 Å². The van der Waals surface area contributed by atoms with Gasteiger partial charge in [-0.15, -0.1) is 0 Å². The van der Waals surface area contributed by atoms with Crippen molar-refractivity contribution < 1.29 is 18.0 Å². The summed E-state index contributed by atoms with van der Waals surface area (Å²) in [6.45, 7) is 2.97. The van der Waals surface area contributed by atoms with Crippen LogP contribution in [0.15, 0.2) is 48.5 Å². The second-order valence-electron chi connectivity index (χ2n) is 8.25. The molecule has 0 bridgehead atoms. The van der Waals surface area contributed by atoms with Gasteiger partial charge in [0, 0.05) is 31.7 Å². The van der Waals surface area contributed by atoms with E-state index in [0.29, 0.717) is 18.5 Å². The van der Waals surface area contributed by atoms with Gasteiger partial charge < -0.3 is 9.80 Å². The Balaban J connectivity index is 1.42. The van der Waals surface area contributed by atoms with Gasteiger partial charge in [-0.25, -0.2) is 0 Å². The summed E-state index contributed by atoms with van der Waals surface area (Å²) < 4.78 is 40.1. The highest BCUT2D eigenvalue weighted by molar-refractivity contribution is 5.94. The van der Waals surface area contributed by atoms with Gasteiger partial charge in [-0.05, 0) is 61.4 Å². The minimum atomic E-state index is -4.32. The fourth-order valence-electron chi connectivity index (χ4n) is 4.73. The van der Waals surface area contributed by atoms with Crippen LogP contribution >= 0.6 is 0 Å². The summed E-state index contributed by atoms with van der Waals surface area (Å²) in [5.41, 5.74) is 2.02. The maximum atomic E-state index is 13.4. The number of anilines is 1. The molecule has 3 nitrogen and oxygen atoms in total. The van der Waals surface area contributed by atoms with Gasteiger partial charge in [-0.3, -0.25) is 4.79 Å². The van der Waals surface area contributed by atoms with Gasteiger partial charge in [0.2, 0.25) is 5.91 Å². The van der Waals surface area contributed by atoms with E-state index in [0.717, 1.165) is 56.6 Å². The Morgan fingerprint density at radius 2 is 1.73 bits per heavy atom. The molecule has 0 spiro atoms. The number of piperidine rings is 1. The largest absolute Gasteiger partial charge is 0.416 e. The van der Waals surface area contributed by atoms with E-state index in [1.807, 2.05) is 23.1 Å². The Hall–Kier alpha value is -2.34. The predicted octanol–water partition coefficient (Wildman–Crippen LogP) is 5.25. The third-order valence-corrected chi connectivity index (χ3v) is 6.28. The van der Waals surface area contributed by atoms with Gasteiger partial charge in [-0.2, -0.15) is 13.2 Å². The molecule has 2 aromatic rings. The number of likely N-dealkylation sites (tertiary alicyclic amines) is 1. The Labute approximate surface area is 175 Å². The average molecular weight is 416 g/mol. The number of carbonyl (C=O) groups is 1. The Bertz CT molecular complexity index is 896. The normalized spacial score (nSPS) is 20.7. The molecule has 160 valence electrons. The van der Waals surface area contributed by atoms with Crippen LogP contribution < -0.4 is 4.90 Å². The molecule has 0 saturated carbocycles. The maximum absolute atomic E-state index is 13.4. The molecule has 4 rings (SSSR count). The zero-order valence-electron chi connectivity index (χ0n) is 17.0. The first-order valence-corrected chi connectivity index (χ1v) is 10.7. The number of nitrogens with zero attached hydrogens (tertiary/aromatic N) is 2. The molecule has 1 atom stereocenters. The van der Waals surface area contributed by atoms with Gasteiger partial charge in [0.15, 0.2) is 0 Å². The number of amides is 1. The highest BCUT2D eigenvalue weighted by atomic mass is 19.4. The first-order chi connectivity index (χ1) is 14.4. The summed E-state index contributed by atoms with van der Waals surface area (Å²) in [6.07, 6.45) is -0.226. The second-order valence-corrected chi connectivity index (χ2v) is 8.25. The van der Waals surface area contributed by atoms with Crippen LogP contribution in [0.3, 0.4) is 0 Å². The number of rotatable bonds is 5. The number of para-hydroxylation sites is 1. The summed E-state index contributed by atoms with van der Waals surface area (Å²) >= 11 is 0. The molecule has 0 aliphatic carbocycles. The van der Waals surface area contributed by atoms with Crippen molar-refractivity contribution in [2.75, 3.05) is 31.1 Å². The monoisotopic (exact) mass is 416 g/mol. The van der Waals surface area contributed by atoms with Crippen LogP contribution in [0.5, 0.6) is 0 Å². The number of hydrogen-bond acceptors (Lipinski definition) is 2. The summed E-state index contributed by atoms with van der Waals surface area (Å²) in [5, 5.41) is 0. The second kappa shape index (κ2) is 8.80. The highest BCUT2D eigenvalue weighted by Crippen LogP contribution is 2.38. The van der Waals surface area contributed by atoms with Crippen molar-refractivity contribution in [2.45, 2.75) is 44.2 Å². The third-order valence-electron chi connectivity index (χ3n) is 6.28. The minimum Gasteiger partial charge on any atom is -0.312 e. The maximum Gasteiger partial charge on any atom is 0.416 e. The molecule has 0 N–H and O–H groups in total. The lowest BCUT2D eigenvalue weighted by atomic mass is 9.93. The number of carbonyl (C=O) groups excluding carboxylic acids is 1. The highest BCUT2D eigenvalue weighted by Gasteiger charge is 2.36. The molecule has 0 radical (unpaired) electrons. The summed E-state index contributed by atoms with van der Waals surface area (Å²) in [7, 11) is 0. The van der Waals surface area contributed by atoms with Crippen LogP contribution in [0.4, 0.5) is 18.9 Å². The molecule has 2 heterocycles. The fourth-order valence-corrected chi connectivity index (χ4v) is 4.73. The standard InChI is InChI=1S/C24H27F3N2O/c25-24(26,27)21-9-3-2-8-20(21)19-13-16-28(17-19)15-12-18-7-1-4-10-22(18)29-14-6-5-11-23(29)30/h1-4,7-10,19H,5-6,11-17H2. The van der Waals surface area contributed by atoms with E-state index >= 15 is 0 Å². The molecular formula is C24H27F3N2O. The van der Waals surface area contributed by atoms with Crippen LogP contribution in [-0.2, 0) is 17.4 Å². The van der Waals surface area contributed by atoms with Crippen LogP contribution in [0.2, 0.25) is 0 Å². The summed E-state index contributed by atoms with van der Waals surface area (Å²) in [4.78, 5) is 16.5. The zero-order chi connectivity index (χ0) is 21.1. The molecule has 2 aliphatic rings. The molecule has 2 aromatic carbocycles. The Kier molecular flexibility index (Phi) is 6.14. The van der Waals surface area contributed by atoms with E-state index in [4.69, 9.17) is 0 Å². The van der Waals surface area contributed by atoms with Crippen LogP contribution in [-0.4, -0.2) is 37.0 Å². The molecule has 2 aliphatic heterocycles. The lowest BCUT2D eigenvalue weighted by Crippen LogP contribution is -2.36. The molecule has 30 heavy (non-hydrogen) atoms. The van der Waals surface area contributed by atoms with Crippen molar-refractivity contribution in [3.05, 3.63) is 65.2 Å². The number of hydrogen-bond donors (Lipinski definition) is 0. The van der Waals surface area contributed by atoms with Crippen molar-refractivity contribution in [1.29, 1.82) is 0 Å². The third kappa shape index (κ3) is 4.53. The van der Waals surface area contributed by atoms with E-state index in [1.165, 1.54) is 12.1 Å². The molecule has 0 aromatic heterocycles. The van der Waals surface area contributed by atoms with Crippen molar-refractivity contribution in [2.24, 2.45) is 0 Å². The lowest BCUT2D eigenvalue weighted by molar-refractivity contribution is -0.138. The lowest BCUT2D eigenvalue weighted by Gasteiger charge is -2.29. The van der Waals surface area contributed by atoms with Gasteiger partial charge in [0.1, 0.15) is 0 Å². The quantitative estimate of drug-likeness (QED) is 0.664. The van der Waals surface area contributed by atoms with E-state index in [-0.39, 0.29) is 11.8 Å². The van der Waals surface area contributed by atoms with Crippen molar-refractivity contribution >= 4 is 11.6 Å². The number of alkyl halides is 3. The first-order valence-electron chi connectivity index (χ1n) is 10.7. The fraction of sp³-hybridized carbons (Fsp3) is 0.458. The summed E-state index contributed by atoms with van der Waals surface area (Å²) in [5.74, 6) is 0.0837. The average Bonchev–Trinajstić information content (AvgIpc) is 3.21. The SMILES string of the molecule is O=C1CCCCN1c1ccccc1CCN1CCC(c2ccccc2C(F)(F)F)C1. The van der Waals surface area contributed by atoms with Crippen molar-refractivity contribution in [1.82, 2.24) is 4.90 Å². The van der Waals surface area contributed by atoms with Gasteiger partial charge in [0.05, 0.1) is 5.56 Å². The van der Waals surface area contributed by atoms with Gasteiger partial charge in [-0.1, -0.05) is 36.4 Å². The van der Waals surface area contributed by atoms with Crippen LogP contribution in [0.1, 0.15) is 48.3 Å². The van der Waals surface area contributed by atoms with E-state index < -0.39 is 11.7 Å². The van der Waals surface area contributed by atoms with Crippen molar-refractivity contribution in [3.63, 3.8) is 0 Å². The number of benzene rings is 2. The van der Waals surface area contributed by atoms with Crippen LogP contribution in [0.25, 0.3) is 0 Å². The molecule has 1 amide bonds. The predicted molar refractivity (Wildman–Crippen MR) is 112 cm³/mol. The van der Waals surface area contributed by atoms with Gasteiger partial charge >= 0.3 is 6.18 Å². The Morgan fingerprint density at radius 1 is 0.967 bits per heavy atom. The molecular weight excluding hydrogens is 389 g/mol. The van der Waals surface area contributed by atoms with E-state index in [1.54, 1.807) is 12.1 Å². The molecule has 2 fully saturated rings. The molecule has 6 heteroatoms. The van der Waals surface area contributed by atoms with E-state index in [9.17, 15) is 18.0 Å². The first kappa shape index (κ1) is 20.9. The molecule has 2 saturated heterocycles. The van der Waals surface area contributed by atoms with Crippen LogP contribution in [0, 0.1) is 0 Å². The number of halogens is 3. The topological polar surface area (TPSA) is 23.6 Å². The smallest absolute Gasteiger partial charge is 0.312 e. The van der Waals surface area contributed by atoms with Crippen molar-refractivity contribution in [3.8, 4) is 0 Å².